The molecule has 2 amide bonds. The summed E-state index contributed by atoms with van der Waals surface area (Å²) in [6.07, 6.45) is 1.60. The molecule has 1 aromatic carbocycles. The Morgan fingerprint density at radius 1 is 1.32 bits per heavy atom. The van der Waals surface area contributed by atoms with E-state index in [-0.39, 0.29) is 12.1 Å². The summed E-state index contributed by atoms with van der Waals surface area (Å²) >= 11 is 0. The molecule has 3 N–H and O–H groups in total. The molecule has 130 valence electrons. The van der Waals surface area contributed by atoms with E-state index in [0.717, 1.165) is 16.8 Å². The number of aromatic nitrogens is 3. The molecule has 7 nitrogen and oxygen atoms in total. The van der Waals surface area contributed by atoms with Crippen molar-refractivity contribution < 1.29 is 4.79 Å². The molecular weight excluding hydrogens is 316 g/mol. The quantitative estimate of drug-likeness (QED) is 0.668. The molecule has 0 bridgehead atoms. The second kappa shape index (κ2) is 7.21. The van der Waals surface area contributed by atoms with Crippen LogP contribution in [0.4, 0.5) is 16.2 Å². The normalized spacial score (nSPS) is 12.0. The Balaban J connectivity index is 1.55. The van der Waals surface area contributed by atoms with Gasteiger partial charge in [-0.1, -0.05) is 18.2 Å². The maximum absolute atomic E-state index is 12.1. The number of aromatic amines is 1. The van der Waals surface area contributed by atoms with Crippen molar-refractivity contribution in [2.75, 3.05) is 23.8 Å². The summed E-state index contributed by atoms with van der Waals surface area (Å²) in [4.78, 5) is 18.5. The number of rotatable bonds is 5. The fourth-order valence-electron chi connectivity index (χ4n) is 2.56. The zero-order valence-corrected chi connectivity index (χ0v) is 14.6. The summed E-state index contributed by atoms with van der Waals surface area (Å²) < 4.78 is 0. The predicted octanol–water partition coefficient (Wildman–Crippen LogP) is 2.91. The number of anilines is 2. The Hall–Kier alpha value is -3.09. The van der Waals surface area contributed by atoms with Gasteiger partial charge in [-0.25, -0.2) is 9.78 Å². The Morgan fingerprint density at radius 3 is 2.84 bits per heavy atom. The highest BCUT2D eigenvalue weighted by molar-refractivity contribution is 5.91. The minimum absolute atomic E-state index is 0.157. The maximum Gasteiger partial charge on any atom is 0.319 e. The minimum atomic E-state index is -0.254. The van der Waals surface area contributed by atoms with Crippen LogP contribution in [-0.2, 0) is 0 Å². The first-order chi connectivity index (χ1) is 12.0. The molecule has 1 atom stereocenters. The molecule has 0 aliphatic rings. The topological polar surface area (TPSA) is 85.9 Å². The van der Waals surface area contributed by atoms with Crippen LogP contribution in [0.25, 0.3) is 11.0 Å². The van der Waals surface area contributed by atoms with Crippen molar-refractivity contribution in [2.45, 2.75) is 19.9 Å². The molecule has 0 spiro atoms. The molecule has 25 heavy (non-hydrogen) atoms. The number of hydrogen-bond acceptors (Lipinski definition) is 4. The lowest BCUT2D eigenvalue weighted by atomic mass is 10.2. The maximum atomic E-state index is 12.1. The molecule has 3 aromatic rings. The van der Waals surface area contributed by atoms with Crippen LogP contribution in [0, 0.1) is 6.92 Å². The second-order valence-corrected chi connectivity index (χ2v) is 6.07. The third-order valence-electron chi connectivity index (χ3n) is 4.24. The van der Waals surface area contributed by atoms with E-state index in [9.17, 15) is 4.79 Å². The SMILES string of the molecule is Cc1[nH]nc2ncc(NC(=O)NC[C@H](C)N(C)c3ccccc3)cc12. The van der Waals surface area contributed by atoms with E-state index >= 15 is 0 Å². The van der Waals surface area contributed by atoms with Crippen molar-refractivity contribution in [3.05, 3.63) is 48.3 Å². The van der Waals surface area contributed by atoms with E-state index in [4.69, 9.17) is 0 Å². The fourth-order valence-corrected chi connectivity index (χ4v) is 2.56. The van der Waals surface area contributed by atoms with Gasteiger partial charge in [0, 0.05) is 36.4 Å². The number of pyridine rings is 1. The number of nitrogens with one attached hydrogen (secondary N) is 3. The van der Waals surface area contributed by atoms with Crippen LogP contribution in [0.1, 0.15) is 12.6 Å². The highest BCUT2D eigenvalue weighted by Crippen LogP contribution is 2.17. The van der Waals surface area contributed by atoms with Gasteiger partial charge in [0.15, 0.2) is 5.65 Å². The number of urea groups is 1. The Labute approximate surface area is 146 Å². The summed E-state index contributed by atoms with van der Waals surface area (Å²) in [6.45, 7) is 4.51. The van der Waals surface area contributed by atoms with Crippen LogP contribution >= 0.6 is 0 Å². The molecule has 0 aliphatic heterocycles. The van der Waals surface area contributed by atoms with E-state index in [0.29, 0.717) is 17.9 Å². The number of amides is 2. The minimum Gasteiger partial charge on any atom is -0.370 e. The number of likely N-dealkylation sites (N-methyl/N-ethyl adjacent to an activating group) is 1. The fraction of sp³-hybridized carbons (Fsp3) is 0.278. The monoisotopic (exact) mass is 338 g/mol. The van der Waals surface area contributed by atoms with Crippen LogP contribution in [-0.4, -0.2) is 40.8 Å². The summed E-state index contributed by atoms with van der Waals surface area (Å²) in [6, 6.07) is 11.8. The van der Waals surface area contributed by atoms with Gasteiger partial charge in [0.2, 0.25) is 0 Å². The lowest BCUT2D eigenvalue weighted by molar-refractivity contribution is 0.251. The molecule has 0 aliphatic carbocycles. The van der Waals surface area contributed by atoms with E-state index in [1.165, 1.54) is 0 Å². The molecule has 2 aromatic heterocycles. The molecule has 0 unspecified atom stereocenters. The Kier molecular flexibility index (Phi) is 4.83. The number of H-pyrrole nitrogens is 1. The number of carbonyl (C=O) groups is 1. The number of aryl methyl sites for hydroxylation is 1. The zero-order valence-electron chi connectivity index (χ0n) is 14.6. The largest absolute Gasteiger partial charge is 0.370 e. The second-order valence-electron chi connectivity index (χ2n) is 6.07. The first kappa shape index (κ1) is 16.8. The van der Waals surface area contributed by atoms with Crippen LogP contribution in [0.2, 0.25) is 0 Å². The predicted molar refractivity (Wildman–Crippen MR) is 100.0 cm³/mol. The van der Waals surface area contributed by atoms with Crippen LogP contribution in [0.15, 0.2) is 42.6 Å². The van der Waals surface area contributed by atoms with Gasteiger partial charge < -0.3 is 15.5 Å². The number of nitrogens with zero attached hydrogens (tertiary/aromatic N) is 3. The number of benzene rings is 1. The number of fused-ring (bicyclic) bond motifs is 1. The first-order valence-electron chi connectivity index (χ1n) is 8.18. The lowest BCUT2D eigenvalue weighted by Crippen LogP contribution is -2.41. The third kappa shape index (κ3) is 3.88. The van der Waals surface area contributed by atoms with Crippen LogP contribution < -0.4 is 15.5 Å². The zero-order chi connectivity index (χ0) is 17.8. The molecule has 0 saturated heterocycles. The molecule has 0 fully saturated rings. The Morgan fingerprint density at radius 2 is 2.08 bits per heavy atom. The summed E-state index contributed by atoms with van der Waals surface area (Å²) in [5.74, 6) is 0. The van der Waals surface area contributed by atoms with Crippen molar-refractivity contribution in [1.29, 1.82) is 0 Å². The molecule has 0 radical (unpaired) electrons. The molecular formula is C18H22N6O. The molecule has 3 rings (SSSR count). The van der Waals surface area contributed by atoms with E-state index in [1.807, 2.05) is 50.4 Å². The van der Waals surface area contributed by atoms with E-state index < -0.39 is 0 Å². The van der Waals surface area contributed by atoms with Gasteiger partial charge in [-0.15, -0.1) is 0 Å². The van der Waals surface area contributed by atoms with Gasteiger partial charge in [-0.05, 0) is 32.0 Å². The van der Waals surface area contributed by atoms with Gasteiger partial charge in [0.1, 0.15) is 0 Å². The first-order valence-corrected chi connectivity index (χ1v) is 8.18. The number of hydrogen-bond donors (Lipinski definition) is 3. The highest BCUT2D eigenvalue weighted by Gasteiger charge is 2.12. The molecule has 0 saturated carbocycles. The smallest absolute Gasteiger partial charge is 0.319 e. The van der Waals surface area contributed by atoms with Crippen molar-refractivity contribution >= 4 is 28.4 Å². The average molecular weight is 338 g/mol. The summed E-state index contributed by atoms with van der Waals surface area (Å²) in [7, 11) is 2.01. The van der Waals surface area contributed by atoms with Crippen LogP contribution in [0.3, 0.4) is 0 Å². The van der Waals surface area contributed by atoms with Gasteiger partial charge in [-0.3, -0.25) is 5.10 Å². The van der Waals surface area contributed by atoms with Crippen molar-refractivity contribution in [1.82, 2.24) is 20.5 Å². The molecule has 7 heteroatoms. The van der Waals surface area contributed by atoms with Gasteiger partial charge in [-0.2, -0.15) is 5.10 Å². The van der Waals surface area contributed by atoms with Crippen molar-refractivity contribution in [2.24, 2.45) is 0 Å². The highest BCUT2D eigenvalue weighted by atomic mass is 16.2. The van der Waals surface area contributed by atoms with Crippen molar-refractivity contribution in [3.8, 4) is 0 Å². The van der Waals surface area contributed by atoms with Crippen LogP contribution in [0.5, 0.6) is 0 Å². The van der Waals surface area contributed by atoms with Gasteiger partial charge >= 0.3 is 6.03 Å². The standard InChI is InChI=1S/C18H22N6O/c1-12(24(3)15-7-5-4-6-8-15)10-20-18(25)21-14-9-16-13(2)22-23-17(16)19-11-14/h4-9,11-12H,10H2,1-3H3,(H,19,22,23)(H2,20,21,25)/t12-/m0/s1. The van der Waals surface area contributed by atoms with Gasteiger partial charge in [0.25, 0.3) is 0 Å². The third-order valence-corrected chi connectivity index (χ3v) is 4.24. The average Bonchev–Trinajstić information content (AvgIpc) is 3.00. The van der Waals surface area contributed by atoms with Crippen molar-refractivity contribution in [3.63, 3.8) is 0 Å². The van der Waals surface area contributed by atoms with E-state index in [2.05, 4.69) is 37.6 Å². The molecule has 2 heterocycles. The summed E-state index contributed by atoms with van der Waals surface area (Å²) in [5, 5.41) is 13.6. The lowest BCUT2D eigenvalue weighted by Gasteiger charge is -2.27. The number of para-hydroxylation sites is 1. The number of carbonyl (C=O) groups excluding carboxylic acids is 1. The Bertz CT molecular complexity index is 860. The van der Waals surface area contributed by atoms with E-state index in [1.54, 1.807) is 6.20 Å². The summed E-state index contributed by atoms with van der Waals surface area (Å²) in [5.41, 5.74) is 3.31. The van der Waals surface area contributed by atoms with Gasteiger partial charge in [0.05, 0.1) is 11.9 Å².